The Labute approximate surface area is 121 Å². The van der Waals surface area contributed by atoms with Crippen LogP contribution in [-0.4, -0.2) is 37.5 Å². The largest absolute Gasteiger partial charge is 0.483 e. The second-order valence-corrected chi connectivity index (χ2v) is 7.24. The molecule has 0 amide bonds. The highest BCUT2D eigenvalue weighted by Gasteiger charge is 2.49. The van der Waals surface area contributed by atoms with Crippen molar-refractivity contribution < 1.29 is 4.74 Å². The van der Waals surface area contributed by atoms with E-state index in [1.807, 2.05) is 0 Å². The Bertz CT molecular complexity index is 544. The number of hydrogen-bond acceptors (Lipinski definition) is 3. The molecule has 1 aromatic rings. The summed E-state index contributed by atoms with van der Waals surface area (Å²) in [7, 11) is 1.75. The molecule has 0 aromatic heterocycles. The molecule has 0 radical (unpaired) electrons. The lowest BCUT2D eigenvalue weighted by Gasteiger charge is -2.29. The van der Waals surface area contributed by atoms with Crippen molar-refractivity contribution in [2.45, 2.75) is 32.6 Å². The third kappa shape index (κ3) is 2.14. The number of methoxy groups -OCH3 is 1. The van der Waals surface area contributed by atoms with E-state index in [9.17, 15) is 0 Å². The van der Waals surface area contributed by atoms with Crippen molar-refractivity contribution in [1.82, 2.24) is 4.90 Å². The van der Waals surface area contributed by atoms with Crippen LogP contribution in [0.25, 0.3) is 0 Å². The van der Waals surface area contributed by atoms with E-state index in [1.54, 1.807) is 7.11 Å². The number of aliphatic imine (C=N–C) groups is 1. The molecule has 1 saturated heterocycles. The van der Waals surface area contributed by atoms with Gasteiger partial charge in [0.1, 0.15) is 0 Å². The molecule has 3 heteroatoms. The van der Waals surface area contributed by atoms with E-state index in [1.165, 1.54) is 5.56 Å². The van der Waals surface area contributed by atoms with Crippen LogP contribution in [0.4, 0.5) is 5.69 Å². The summed E-state index contributed by atoms with van der Waals surface area (Å²) in [4.78, 5) is 7.26. The molecule has 2 aliphatic rings. The van der Waals surface area contributed by atoms with Gasteiger partial charge in [-0.1, -0.05) is 39.0 Å². The molecule has 2 heterocycles. The highest BCUT2D eigenvalue weighted by atomic mass is 16.5. The lowest BCUT2D eigenvalue weighted by molar-refractivity contribution is 0.219. The van der Waals surface area contributed by atoms with Crippen LogP contribution in [0.1, 0.15) is 32.8 Å². The van der Waals surface area contributed by atoms with Gasteiger partial charge in [0.25, 0.3) is 0 Å². The Hall–Kier alpha value is -1.35. The summed E-state index contributed by atoms with van der Waals surface area (Å²) in [5.41, 5.74) is 2.74. The van der Waals surface area contributed by atoms with Crippen LogP contribution in [0, 0.1) is 5.41 Å². The van der Waals surface area contributed by atoms with Crippen molar-refractivity contribution in [2.75, 3.05) is 26.7 Å². The lowest BCUT2D eigenvalue weighted by Crippen LogP contribution is -2.39. The van der Waals surface area contributed by atoms with Crippen molar-refractivity contribution in [3.05, 3.63) is 29.8 Å². The van der Waals surface area contributed by atoms with Gasteiger partial charge in [0.05, 0.1) is 18.2 Å². The fourth-order valence-electron chi connectivity index (χ4n) is 3.64. The van der Waals surface area contributed by atoms with Gasteiger partial charge in [-0.05, 0) is 30.0 Å². The van der Waals surface area contributed by atoms with Crippen LogP contribution < -0.4 is 0 Å². The average Bonchev–Trinajstić information content (AvgIpc) is 2.92. The Balaban J connectivity index is 1.91. The maximum Gasteiger partial charge on any atom is 0.200 e. The van der Waals surface area contributed by atoms with E-state index in [4.69, 9.17) is 9.73 Å². The zero-order valence-corrected chi connectivity index (χ0v) is 12.9. The monoisotopic (exact) mass is 272 g/mol. The van der Waals surface area contributed by atoms with Crippen LogP contribution in [0.2, 0.25) is 0 Å². The molecule has 0 saturated carbocycles. The van der Waals surface area contributed by atoms with E-state index in [0.29, 0.717) is 5.41 Å². The van der Waals surface area contributed by atoms with Crippen molar-refractivity contribution in [3.63, 3.8) is 0 Å². The van der Waals surface area contributed by atoms with Gasteiger partial charge in [-0.3, -0.25) is 0 Å². The summed E-state index contributed by atoms with van der Waals surface area (Å²) in [6.45, 7) is 10.2. The van der Waals surface area contributed by atoms with Crippen LogP contribution in [0.5, 0.6) is 0 Å². The van der Waals surface area contributed by atoms with Crippen molar-refractivity contribution in [1.29, 1.82) is 0 Å². The summed E-state index contributed by atoms with van der Waals surface area (Å²) in [6.07, 6.45) is 1.10. The average molecular weight is 272 g/mol. The highest BCUT2D eigenvalue weighted by molar-refractivity contribution is 5.97. The van der Waals surface area contributed by atoms with Gasteiger partial charge in [0.2, 0.25) is 5.90 Å². The van der Waals surface area contributed by atoms with Gasteiger partial charge >= 0.3 is 0 Å². The molecule has 1 atom stereocenters. The molecule has 1 aromatic carbocycles. The van der Waals surface area contributed by atoms with E-state index < -0.39 is 0 Å². The third-order valence-electron chi connectivity index (χ3n) is 4.29. The first kappa shape index (κ1) is 13.6. The molecule has 0 bridgehead atoms. The Morgan fingerprint density at radius 1 is 1.30 bits per heavy atom. The third-order valence-corrected chi connectivity index (χ3v) is 4.29. The second-order valence-electron chi connectivity index (χ2n) is 7.24. The quantitative estimate of drug-likeness (QED) is 0.783. The zero-order valence-electron chi connectivity index (χ0n) is 12.9. The molecule has 108 valence electrons. The van der Waals surface area contributed by atoms with Gasteiger partial charge in [-0.2, -0.15) is 0 Å². The van der Waals surface area contributed by atoms with Crippen LogP contribution in [0.15, 0.2) is 29.3 Å². The SMILES string of the molecule is COC1=Nc2ccccc2C12CCN(CC(C)(C)C)C2. The molecule has 3 nitrogen and oxygen atoms in total. The Morgan fingerprint density at radius 2 is 2.05 bits per heavy atom. The first-order valence-electron chi connectivity index (χ1n) is 7.40. The summed E-state index contributed by atoms with van der Waals surface area (Å²) in [5.74, 6) is 0.898. The standard InChI is InChI=1S/C17H24N2O/c1-16(2,3)11-19-10-9-17(12-19)13-7-5-6-8-14(13)18-15(17)20-4/h5-8H,9-12H2,1-4H3. The highest BCUT2D eigenvalue weighted by Crippen LogP contribution is 2.46. The number of hydrogen-bond donors (Lipinski definition) is 0. The van der Waals surface area contributed by atoms with E-state index in [-0.39, 0.29) is 5.41 Å². The molecule has 20 heavy (non-hydrogen) atoms. The number of nitrogens with zero attached hydrogens (tertiary/aromatic N) is 2. The molecule has 0 N–H and O–H groups in total. The summed E-state index contributed by atoms with van der Waals surface area (Å²) >= 11 is 0. The minimum absolute atomic E-state index is 0.0173. The van der Waals surface area contributed by atoms with Gasteiger partial charge in [0.15, 0.2) is 0 Å². The number of likely N-dealkylation sites (tertiary alicyclic amines) is 1. The molecule has 2 aliphatic heterocycles. The second kappa shape index (κ2) is 4.59. The maximum atomic E-state index is 5.63. The Kier molecular flexibility index (Phi) is 3.13. The zero-order chi connectivity index (χ0) is 14.4. The fourth-order valence-corrected chi connectivity index (χ4v) is 3.64. The lowest BCUT2D eigenvalue weighted by atomic mass is 9.80. The summed E-state index contributed by atoms with van der Waals surface area (Å²) in [5, 5.41) is 0. The van der Waals surface area contributed by atoms with E-state index in [2.05, 4.69) is 49.9 Å². The minimum atomic E-state index is -0.0173. The molecule has 0 aliphatic carbocycles. The topological polar surface area (TPSA) is 24.8 Å². The van der Waals surface area contributed by atoms with E-state index in [0.717, 1.165) is 37.6 Å². The normalized spacial score (nSPS) is 25.9. The van der Waals surface area contributed by atoms with Gasteiger partial charge in [0, 0.05) is 13.1 Å². The van der Waals surface area contributed by atoms with E-state index >= 15 is 0 Å². The van der Waals surface area contributed by atoms with Crippen molar-refractivity contribution in [2.24, 2.45) is 10.4 Å². The van der Waals surface area contributed by atoms with Gasteiger partial charge in [-0.25, -0.2) is 4.99 Å². The fraction of sp³-hybridized carbons (Fsp3) is 0.588. The smallest absolute Gasteiger partial charge is 0.200 e. The molecular formula is C17H24N2O. The number of fused-ring (bicyclic) bond motifs is 2. The number of para-hydroxylation sites is 1. The first-order valence-corrected chi connectivity index (χ1v) is 7.40. The molecule has 3 rings (SSSR count). The number of rotatable bonds is 1. The first-order chi connectivity index (χ1) is 9.44. The molecule has 1 unspecified atom stereocenters. The molecular weight excluding hydrogens is 248 g/mol. The van der Waals surface area contributed by atoms with Crippen molar-refractivity contribution >= 4 is 11.6 Å². The number of ether oxygens (including phenoxy) is 1. The van der Waals surface area contributed by atoms with Crippen LogP contribution in [-0.2, 0) is 10.2 Å². The molecule has 1 spiro atoms. The number of benzene rings is 1. The predicted molar refractivity (Wildman–Crippen MR) is 82.7 cm³/mol. The maximum absolute atomic E-state index is 5.63. The van der Waals surface area contributed by atoms with Crippen LogP contribution in [0.3, 0.4) is 0 Å². The van der Waals surface area contributed by atoms with Crippen molar-refractivity contribution in [3.8, 4) is 0 Å². The minimum Gasteiger partial charge on any atom is -0.483 e. The summed E-state index contributed by atoms with van der Waals surface area (Å²) in [6, 6.07) is 8.47. The van der Waals surface area contributed by atoms with Crippen LogP contribution >= 0.6 is 0 Å². The van der Waals surface area contributed by atoms with Gasteiger partial charge in [-0.15, -0.1) is 0 Å². The summed E-state index contributed by atoms with van der Waals surface area (Å²) < 4.78 is 5.63. The van der Waals surface area contributed by atoms with Gasteiger partial charge < -0.3 is 9.64 Å². The predicted octanol–water partition coefficient (Wildman–Crippen LogP) is 3.37. The molecule has 1 fully saturated rings. The Morgan fingerprint density at radius 3 is 2.75 bits per heavy atom.